The van der Waals surface area contributed by atoms with E-state index < -0.39 is 0 Å². The van der Waals surface area contributed by atoms with Gasteiger partial charge in [-0.2, -0.15) is 0 Å². The van der Waals surface area contributed by atoms with Crippen molar-refractivity contribution in [3.8, 4) is 0 Å². The van der Waals surface area contributed by atoms with Crippen molar-refractivity contribution in [2.75, 3.05) is 0 Å². The monoisotopic (exact) mass is 246 g/mol. The van der Waals surface area contributed by atoms with Gasteiger partial charge in [0.15, 0.2) is 5.58 Å². The fraction of sp³-hybridized carbons (Fsp3) is 0. The molecule has 0 aliphatic carbocycles. The van der Waals surface area contributed by atoms with E-state index in [1.807, 2.05) is 28.7 Å². The first-order valence-electron chi connectivity index (χ1n) is 2.72. The predicted octanol–water partition coefficient (Wildman–Crippen LogP) is 1.83. The average Bonchev–Trinajstić information content (AvgIpc) is 2.27. The molecule has 2 aromatic rings. The molecule has 10 heavy (non-hydrogen) atoms. The summed E-state index contributed by atoms with van der Waals surface area (Å²) in [6.45, 7) is 0. The van der Waals surface area contributed by atoms with Crippen LogP contribution >= 0.6 is 22.6 Å². The minimum absolute atomic E-state index is 0.653. The predicted molar refractivity (Wildman–Crippen MR) is 44.5 cm³/mol. The second-order valence-electron chi connectivity index (χ2n) is 1.81. The van der Waals surface area contributed by atoms with Crippen molar-refractivity contribution in [1.29, 1.82) is 0 Å². The highest BCUT2D eigenvalue weighted by Gasteiger charge is 1.99. The van der Waals surface area contributed by atoms with E-state index >= 15 is 0 Å². The van der Waals surface area contributed by atoms with Crippen LogP contribution in [-0.4, -0.2) is 9.97 Å². The van der Waals surface area contributed by atoms with Gasteiger partial charge in [0.25, 0.3) is 3.90 Å². The van der Waals surface area contributed by atoms with Crippen LogP contribution < -0.4 is 0 Å². The first kappa shape index (κ1) is 6.09. The molecule has 0 aliphatic heterocycles. The van der Waals surface area contributed by atoms with E-state index in [2.05, 4.69) is 9.97 Å². The Kier molecular flexibility index (Phi) is 1.33. The van der Waals surface area contributed by atoms with Gasteiger partial charge in [-0.1, -0.05) is 0 Å². The molecule has 0 radical (unpaired) electrons. The Morgan fingerprint density at radius 2 is 2.40 bits per heavy atom. The molecule has 0 amide bonds. The molecule has 0 fully saturated rings. The molecule has 0 saturated heterocycles. The molecule has 0 unspecified atom stereocenters. The van der Waals surface area contributed by atoms with Crippen LogP contribution in [0.4, 0.5) is 0 Å². The van der Waals surface area contributed by atoms with Crippen LogP contribution in [0.1, 0.15) is 0 Å². The minimum Gasteiger partial charge on any atom is -0.430 e. The largest absolute Gasteiger partial charge is 0.430 e. The Bertz CT molecular complexity index is 324. The Morgan fingerprint density at radius 1 is 1.50 bits per heavy atom. The maximum absolute atomic E-state index is 5.18. The second-order valence-corrected chi connectivity index (χ2v) is 2.73. The molecule has 3 nitrogen and oxygen atoms in total. The Labute approximate surface area is 70.6 Å². The number of hydrogen-bond acceptors (Lipinski definition) is 3. The summed E-state index contributed by atoms with van der Waals surface area (Å²) in [5, 5.41) is 0. The SMILES string of the molecule is Ic1nc2ccncc2o1. The topological polar surface area (TPSA) is 38.9 Å². The van der Waals surface area contributed by atoms with Crippen LogP contribution in [-0.2, 0) is 0 Å². The lowest BCUT2D eigenvalue weighted by atomic mass is 10.4. The first-order chi connectivity index (χ1) is 4.86. The molecule has 50 valence electrons. The molecule has 0 N–H and O–H groups in total. The fourth-order valence-corrected chi connectivity index (χ4v) is 1.25. The minimum atomic E-state index is 0.653. The van der Waals surface area contributed by atoms with Crippen molar-refractivity contribution in [2.24, 2.45) is 0 Å². The lowest BCUT2D eigenvalue weighted by Crippen LogP contribution is -1.68. The fourth-order valence-electron chi connectivity index (χ4n) is 0.752. The van der Waals surface area contributed by atoms with Gasteiger partial charge in [-0.05, 0) is 6.07 Å². The Hall–Kier alpha value is -0.650. The van der Waals surface area contributed by atoms with Crippen molar-refractivity contribution in [2.45, 2.75) is 0 Å². The summed E-state index contributed by atoms with van der Waals surface area (Å²) in [7, 11) is 0. The molecule has 0 aliphatic rings. The van der Waals surface area contributed by atoms with Crippen LogP contribution in [0.3, 0.4) is 0 Å². The third-order valence-corrected chi connectivity index (χ3v) is 1.63. The van der Waals surface area contributed by atoms with Crippen molar-refractivity contribution >= 4 is 33.7 Å². The van der Waals surface area contributed by atoms with E-state index in [9.17, 15) is 0 Å². The van der Waals surface area contributed by atoms with Crippen molar-refractivity contribution < 1.29 is 4.42 Å². The van der Waals surface area contributed by atoms with Gasteiger partial charge in [0, 0.05) is 28.8 Å². The molecule has 0 atom stereocenters. The van der Waals surface area contributed by atoms with Gasteiger partial charge in [0.05, 0.1) is 6.20 Å². The standard InChI is InChI=1S/C6H3IN2O/c7-6-9-4-1-2-8-3-5(4)10-6/h1-3H. The van der Waals surface area contributed by atoms with Crippen LogP contribution in [0.25, 0.3) is 11.1 Å². The van der Waals surface area contributed by atoms with Gasteiger partial charge >= 0.3 is 0 Å². The van der Waals surface area contributed by atoms with Crippen LogP contribution in [0, 0.1) is 3.90 Å². The summed E-state index contributed by atoms with van der Waals surface area (Å²) in [6.07, 6.45) is 3.35. The summed E-state index contributed by atoms with van der Waals surface area (Å²) in [5.41, 5.74) is 1.60. The Morgan fingerprint density at radius 3 is 3.20 bits per heavy atom. The maximum Gasteiger partial charge on any atom is 0.258 e. The molecule has 0 spiro atoms. The molecular weight excluding hydrogens is 243 g/mol. The van der Waals surface area contributed by atoms with Crippen LogP contribution in [0.15, 0.2) is 22.9 Å². The van der Waals surface area contributed by atoms with E-state index in [4.69, 9.17) is 4.42 Å². The molecule has 4 heteroatoms. The molecule has 2 rings (SSSR count). The van der Waals surface area contributed by atoms with E-state index in [0.717, 1.165) is 11.1 Å². The highest BCUT2D eigenvalue weighted by atomic mass is 127. The number of hydrogen-bond donors (Lipinski definition) is 0. The average molecular weight is 246 g/mol. The smallest absolute Gasteiger partial charge is 0.258 e. The first-order valence-corrected chi connectivity index (χ1v) is 3.80. The number of fused-ring (bicyclic) bond motifs is 1. The summed E-state index contributed by atoms with van der Waals surface area (Å²) in [5.74, 6) is 0. The van der Waals surface area contributed by atoms with Crippen molar-refractivity contribution in [3.63, 3.8) is 0 Å². The zero-order chi connectivity index (χ0) is 6.97. The highest BCUT2D eigenvalue weighted by Crippen LogP contribution is 2.13. The summed E-state index contributed by atoms with van der Waals surface area (Å²) >= 11 is 2.03. The summed E-state index contributed by atoms with van der Waals surface area (Å²) in [4.78, 5) is 7.98. The van der Waals surface area contributed by atoms with E-state index in [0.29, 0.717) is 3.90 Å². The van der Waals surface area contributed by atoms with Crippen molar-refractivity contribution in [1.82, 2.24) is 9.97 Å². The molecule has 2 heterocycles. The second kappa shape index (κ2) is 2.19. The molecular formula is C6H3IN2O. The van der Waals surface area contributed by atoms with E-state index in [1.54, 1.807) is 12.4 Å². The summed E-state index contributed by atoms with van der Waals surface area (Å²) < 4.78 is 5.83. The van der Waals surface area contributed by atoms with Crippen LogP contribution in [0.2, 0.25) is 0 Å². The zero-order valence-electron chi connectivity index (χ0n) is 4.91. The lowest BCUT2D eigenvalue weighted by Gasteiger charge is -1.79. The highest BCUT2D eigenvalue weighted by molar-refractivity contribution is 14.1. The van der Waals surface area contributed by atoms with Gasteiger partial charge in [-0.15, -0.1) is 0 Å². The zero-order valence-corrected chi connectivity index (χ0v) is 7.07. The Balaban J connectivity index is 2.88. The van der Waals surface area contributed by atoms with Crippen molar-refractivity contribution in [3.05, 3.63) is 22.4 Å². The molecule has 0 aromatic carbocycles. The molecule has 0 saturated carbocycles. The quantitative estimate of drug-likeness (QED) is 0.665. The number of pyridine rings is 1. The van der Waals surface area contributed by atoms with Gasteiger partial charge in [0.1, 0.15) is 5.52 Å². The molecule has 0 bridgehead atoms. The third-order valence-electron chi connectivity index (χ3n) is 1.17. The van der Waals surface area contributed by atoms with Gasteiger partial charge < -0.3 is 4.42 Å². The molecule has 2 aromatic heterocycles. The third kappa shape index (κ3) is 0.880. The number of halogens is 1. The number of nitrogens with zero attached hydrogens (tertiary/aromatic N) is 2. The van der Waals surface area contributed by atoms with Gasteiger partial charge in [0.2, 0.25) is 0 Å². The van der Waals surface area contributed by atoms with Gasteiger partial charge in [-0.3, -0.25) is 4.98 Å². The van der Waals surface area contributed by atoms with E-state index in [1.165, 1.54) is 0 Å². The van der Waals surface area contributed by atoms with Crippen LogP contribution in [0.5, 0.6) is 0 Å². The van der Waals surface area contributed by atoms with E-state index in [-0.39, 0.29) is 0 Å². The van der Waals surface area contributed by atoms with Gasteiger partial charge in [-0.25, -0.2) is 4.98 Å². The number of oxazole rings is 1. The normalized spacial score (nSPS) is 10.5. The lowest BCUT2D eigenvalue weighted by molar-refractivity contribution is 0.565. The number of aromatic nitrogens is 2. The maximum atomic E-state index is 5.18. The summed E-state index contributed by atoms with van der Waals surface area (Å²) in [6, 6.07) is 1.82. The number of rotatable bonds is 0.